The molecule has 0 aromatic carbocycles. The van der Waals surface area contributed by atoms with Gasteiger partial charge >= 0.3 is 0 Å². The molecule has 148 valence electrons. The Hall–Kier alpha value is -2.75. The predicted molar refractivity (Wildman–Crippen MR) is 110 cm³/mol. The molecule has 0 aliphatic carbocycles. The molecule has 0 bridgehead atoms. The minimum absolute atomic E-state index is 0.442. The van der Waals surface area contributed by atoms with Gasteiger partial charge in [0.15, 0.2) is 0 Å². The van der Waals surface area contributed by atoms with Crippen molar-refractivity contribution in [3.63, 3.8) is 0 Å². The van der Waals surface area contributed by atoms with Crippen molar-refractivity contribution < 1.29 is 4.74 Å². The molecule has 1 aliphatic rings. The second-order valence-electron chi connectivity index (χ2n) is 7.74. The first kappa shape index (κ1) is 18.6. The van der Waals surface area contributed by atoms with Crippen LogP contribution >= 0.6 is 0 Å². The van der Waals surface area contributed by atoms with E-state index >= 15 is 0 Å². The van der Waals surface area contributed by atoms with E-state index in [9.17, 15) is 0 Å². The summed E-state index contributed by atoms with van der Waals surface area (Å²) in [4.78, 5) is 11.7. The number of hydrogen-bond acceptors (Lipinski definition) is 8. The molecule has 1 fully saturated rings. The molecule has 0 amide bonds. The predicted octanol–water partition coefficient (Wildman–Crippen LogP) is 1.27. The maximum absolute atomic E-state index is 6.46. The molecule has 28 heavy (non-hydrogen) atoms. The third-order valence-electron chi connectivity index (χ3n) is 4.67. The van der Waals surface area contributed by atoms with Gasteiger partial charge in [-0.25, -0.2) is 10.8 Å². The van der Waals surface area contributed by atoms with Crippen LogP contribution in [0.3, 0.4) is 0 Å². The van der Waals surface area contributed by atoms with Crippen molar-refractivity contribution in [2.75, 3.05) is 42.8 Å². The lowest BCUT2D eigenvalue weighted by atomic mass is 10.1. The second-order valence-corrected chi connectivity index (χ2v) is 7.74. The highest BCUT2D eigenvalue weighted by Gasteiger charge is 2.22. The summed E-state index contributed by atoms with van der Waals surface area (Å²) < 4.78 is 5.49. The number of hydrogen-bond donors (Lipinski definition) is 3. The van der Waals surface area contributed by atoms with Crippen molar-refractivity contribution in [2.45, 2.75) is 19.4 Å². The fraction of sp³-hybridized carbons (Fsp3) is 0.421. The van der Waals surface area contributed by atoms with E-state index in [0.29, 0.717) is 19.8 Å². The molecule has 0 saturated carbocycles. The Morgan fingerprint density at radius 3 is 2.71 bits per heavy atom. The molecule has 0 atom stereocenters. The van der Waals surface area contributed by atoms with Gasteiger partial charge in [0.2, 0.25) is 0 Å². The number of aromatic amines is 1. The van der Waals surface area contributed by atoms with E-state index in [1.165, 1.54) is 0 Å². The smallest absolute Gasteiger partial charge is 0.131 e. The van der Waals surface area contributed by atoms with Gasteiger partial charge in [0.05, 0.1) is 31.1 Å². The molecule has 0 unspecified atom stereocenters. The number of ether oxygens (including phenoxy) is 1. The van der Waals surface area contributed by atoms with Crippen LogP contribution in [0.4, 0.5) is 11.5 Å². The zero-order chi connectivity index (χ0) is 19.7. The van der Waals surface area contributed by atoms with Gasteiger partial charge in [-0.05, 0) is 26.0 Å². The number of aromatic nitrogens is 4. The zero-order valence-electron chi connectivity index (χ0n) is 16.2. The van der Waals surface area contributed by atoms with E-state index in [1.807, 2.05) is 32.0 Å². The summed E-state index contributed by atoms with van der Waals surface area (Å²) in [5, 5.41) is 9.65. The molecule has 3 aromatic rings. The van der Waals surface area contributed by atoms with Crippen LogP contribution in [0, 0.1) is 0 Å². The molecule has 4 rings (SSSR count). The number of nitrogens with two attached hydrogens (primary N) is 2. The van der Waals surface area contributed by atoms with Crippen LogP contribution in [-0.4, -0.2) is 58.6 Å². The minimum atomic E-state index is -0.442. The summed E-state index contributed by atoms with van der Waals surface area (Å²) in [5.74, 6) is 7.31. The molecule has 5 N–H and O–H groups in total. The minimum Gasteiger partial charge on any atom is -0.378 e. The average Bonchev–Trinajstić information content (AvgIpc) is 3.20. The number of pyridine rings is 2. The molecule has 1 saturated heterocycles. The molecule has 4 heterocycles. The van der Waals surface area contributed by atoms with Crippen molar-refractivity contribution in [1.29, 1.82) is 0 Å². The topological polar surface area (TPSA) is 122 Å². The normalized spacial score (nSPS) is 15.2. The quantitative estimate of drug-likeness (QED) is 0.445. The average molecular weight is 382 g/mol. The highest BCUT2D eigenvalue weighted by molar-refractivity contribution is 5.99. The standard InChI is InChI=1S/C19H26N8O/c1-19(2,20)12-27(21)15-11-16(26-7-9-28-10-8-26)24-17-13(15)3-5-22-18(17)14-4-6-23-25-14/h3-6,11H,7-10,12,20-21H2,1-2H3,(H,23,25). The number of hydrazine groups is 1. The highest BCUT2D eigenvalue weighted by Crippen LogP contribution is 2.33. The summed E-state index contributed by atoms with van der Waals surface area (Å²) in [5.41, 5.74) is 8.97. The number of anilines is 2. The largest absolute Gasteiger partial charge is 0.378 e. The first-order chi connectivity index (χ1) is 13.4. The van der Waals surface area contributed by atoms with Crippen molar-refractivity contribution in [2.24, 2.45) is 11.6 Å². The number of H-pyrrole nitrogens is 1. The van der Waals surface area contributed by atoms with Crippen LogP contribution < -0.4 is 21.5 Å². The van der Waals surface area contributed by atoms with Crippen LogP contribution in [-0.2, 0) is 4.74 Å². The molecule has 9 nitrogen and oxygen atoms in total. The van der Waals surface area contributed by atoms with E-state index in [2.05, 4.69) is 20.1 Å². The van der Waals surface area contributed by atoms with E-state index in [4.69, 9.17) is 21.3 Å². The lowest BCUT2D eigenvalue weighted by Gasteiger charge is -2.31. The summed E-state index contributed by atoms with van der Waals surface area (Å²) in [6.45, 7) is 7.33. The number of nitrogens with zero attached hydrogens (tertiary/aromatic N) is 5. The number of morpholine rings is 1. The van der Waals surface area contributed by atoms with Crippen LogP contribution in [0.5, 0.6) is 0 Å². The van der Waals surface area contributed by atoms with E-state index in [0.717, 1.165) is 46.9 Å². The zero-order valence-corrected chi connectivity index (χ0v) is 16.2. The molecule has 1 aliphatic heterocycles. The van der Waals surface area contributed by atoms with E-state index in [1.54, 1.807) is 17.4 Å². The Bertz CT molecular complexity index is 944. The molecular formula is C19H26N8O. The van der Waals surface area contributed by atoms with Gasteiger partial charge in [-0.15, -0.1) is 0 Å². The fourth-order valence-corrected chi connectivity index (χ4v) is 3.42. The SMILES string of the molecule is CC(C)(N)CN(N)c1cc(N2CCOCC2)nc2c(-c3ccn[nH]3)nccc12. The molecule has 0 radical (unpaired) electrons. The van der Waals surface area contributed by atoms with Crippen molar-refractivity contribution in [3.05, 3.63) is 30.6 Å². The fourth-order valence-electron chi connectivity index (χ4n) is 3.42. The number of rotatable bonds is 5. The second kappa shape index (κ2) is 7.34. The highest BCUT2D eigenvalue weighted by atomic mass is 16.5. The van der Waals surface area contributed by atoms with Gasteiger partial charge in [-0.1, -0.05) is 0 Å². The number of fused-ring (bicyclic) bond motifs is 1. The van der Waals surface area contributed by atoms with Gasteiger partial charge in [0.1, 0.15) is 17.0 Å². The van der Waals surface area contributed by atoms with Crippen LogP contribution in [0.15, 0.2) is 30.6 Å². The van der Waals surface area contributed by atoms with Crippen LogP contribution in [0.1, 0.15) is 13.8 Å². The summed E-state index contributed by atoms with van der Waals surface area (Å²) in [7, 11) is 0. The van der Waals surface area contributed by atoms with E-state index < -0.39 is 5.54 Å². The van der Waals surface area contributed by atoms with Crippen molar-refractivity contribution >= 4 is 22.4 Å². The Morgan fingerprint density at radius 1 is 1.25 bits per heavy atom. The molecular weight excluding hydrogens is 356 g/mol. The third-order valence-corrected chi connectivity index (χ3v) is 4.67. The number of nitrogens with one attached hydrogen (secondary N) is 1. The van der Waals surface area contributed by atoms with Gasteiger partial charge in [-0.2, -0.15) is 5.10 Å². The van der Waals surface area contributed by atoms with Crippen LogP contribution in [0.2, 0.25) is 0 Å². The Labute approximate surface area is 163 Å². The van der Waals surface area contributed by atoms with Crippen molar-refractivity contribution in [3.8, 4) is 11.4 Å². The maximum atomic E-state index is 6.46. The maximum Gasteiger partial charge on any atom is 0.131 e. The summed E-state index contributed by atoms with van der Waals surface area (Å²) >= 11 is 0. The Morgan fingerprint density at radius 2 is 2.04 bits per heavy atom. The van der Waals surface area contributed by atoms with Crippen LogP contribution in [0.25, 0.3) is 22.3 Å². The lowest BCUT2D eigenvalue weighted by Crippen LogP contribution is -2.48. The van der Waals surface area contributed by atoms with Gasteiger partial charge in [0.25, 0.3) is 0 Å². The Kier molecular flexibility index (Phi) is 4.88. The monoisotopic (exact) mass is 382 g/mol. The van der Waals surface area contributed by atoms with Crippen molar-refractivity contribution in [1.82, 2.24) is 20.2 Å². The summed E-state index contributed by atoms with van der Waals surface area (Å²) in [6.07, 6.45) is 3.47. The molecule has 9 heteroatoms. The molecule has 0 spiro atoms. The summed E-state index contributed by atoms with van der Waals surface area (Å²) in [6, 6.07) is 5.84. The Balaban J connectivity index is 1.89. The van der Waals surface area contributed by atoms with Gasteiger partial charge < -0.3 is 20.4 Å². The first-order valence-electron chi connectivity index (χ1n) is 9.36. The first-order valence-corrected chi connectivity index (χ1v) is 9.36. The lowest BCUT2D eigenvalue weighted by molar-refractivity contribution is 0.122. The van der Waals surface area contributed by atoms with E-state index in [-0.39, 0.29) is 0 Å². The van der Waals surface area contributed by atoms with Gasteiger partial charge in [-0.3, -0.25) is 10.1 Å². The third kappa shape index (κ3) is 3.77. The van der Waals surface area contributed by atoms with Gasteiger partial charge in [0, 0.05) is 42.5 Å². The molecule has 3 aromatic heterocycles.